The second-order valence-electron chi connectivity index (χ2n) is 3.67. The summed E-state index contributed by atoms with van der Waals surface area (Å²) in [4.78, 5) is 20.3. The van der Waals surface area contributed by atoms with Crippen molar-refractivity contribution in [3.05, 3.63) is 27.9 Å². The number of aromatic nitrogens is 2. The Morgan fingerprint density at radius 1 is 1.50 bits per heavy atom. The van der Waals surface area contributed by atoms with Crippen molar-refractivity contribution in [3.63, 3.8) is 0 Å². The fourth-order valence-electron chi connectivity index (χ4n) is 1.32. The first-order chi connectivity index (χ1) is 6.61. The number of hydrogen-bond acceptors (Lipinski definition) is 3. The van der Waals surface area contributed by atoms with Crippen LogP contribution in [0.3, 0.4) is 0 Å². The predicted octanol–water partition coefficient (Wildman–Crippen LogP) is 0.784. The van der Waals surface area contributed by atoms with E-state index in [-0.39, 0.29) is 5.56 Å². The van der Waals surface area contributed by atoms with Gasteiger partial charge in [0.25, 0.3) is 5.56 Å². The molecule has 4 heteroatoms. The predicted molar refractivity (Wildman–Crippen MR) is 56.2 cm³/mol. The van der Waals surface area contributed by atoms with E-state index in [0.717, 1.165) is 24.4 Å². The molecule has 0 saturated heterocycles. The molecule has 0 aliphatic rings. The van der Waals surface area contributed by atoms with Crippen LogP contribution in [0.15, 0.2) is 10.9 Å². The lowest BCUT2D eigenvalue weighted by Crippen LogP contribution is -2.19. The summed E-state index contributed by atoms with van der Waals surface area (Å²) < 4.78 is 0. The zero-order valence-corrected chi connectivity index (χ0v) is 9.00. The zero-order chi connectivity index (χ0) is 10.6. The van der Waals surface area contributed by atoms with Crippen molar-refractivity contribution >= 4 is 0 Å². The maximum absolute atomic E-state index is 11.3. The molecule has 0 bridgehead atoms. The van der Waals surface area contributed by atoms with Crippen LogP contribution in [0, 0.1) is 0 Å². The van der Waals surface area contributed by atoms with Crippen LogP contribution in [0.5, 0.6) is 0 Å². The van der Waals surface area contributed by atoms with Gasteiger partial charge < -0.3 is 9.88 Å². The Labute approximate surface area is 84.0 Å². The van der Waals surface area contributed by atoms with Crippen LogP contribution >= 0.6 is 0 Å². The summed E-state index contributed by atoms with van der Waals surface area (Å²) in [6.07, 6.45) is 1.88. The third-order valence-electron chi connectivity index (χ3n) is 1.82. The van der Waals surface area contributed by atoms with Gasteiger partial charge in [-0.25, -0.2) is 4.98 Å². The molecule has 78 valence electrons. The van der Waals surface area contributed by atoms with E-state index in [0.29, 0.717) is 6.54 Å². The molecule has 0 fully saturated rings. The minimum absolute atomic E-state index is 0.0553. The quantitative estimate of drug-likeness (QED) is 0.772. The van der Waals surface area contributed by atoms with Crippen molar-refractivity contribution < 1.29 is 0 Å². The fourth-order valence-corrected chi connectivity index (χ4v) is 1.32. The molecule has 0 radical (unpaired) electrons. The van der Waals surface area contributed by atoms with E-state index in [2.05, 4.69) is 16.9 Å². The Hall–Kier alpha value is -1.16. The zero-order valence-electron chi connectivity index (χ0n) is 9.00. The van der Waals surface area contributed by atoms with Crippen molar-refractivity contribution in [2.75, 3.05) is 14.1 Å². The lowest BCUT2D eigenvalue weighted by Gasteiger charge is -2.09. The van der Waals surface area contributed by atoms with Crippen molar-refractivity contribution in [1.29, 1.82) is 0 Å². The van der Waals surface area contributed by atoms with Gasteiger partial charge >= 0.3 is 0 Å². The highest BCUT2D eigenvalue weighted by Gasteiger charge is 2.01. The topological polar surface area (TPSA) is 49.0 Å². The van der Waals surface area contributed by atoms with Gasteiger partial charge in [-0.05, 0) is 20.5 Å². The number of aromatic amines is 1. The molecule has 0 unspecified atom stereocenters. The smallest absolute Gasteiger partial charge is 0.251 e. The molecule has 0 aliphatic carbocycles. The number of aryl methyl sites for hydroxylation is 1. The average molecular weight is 195 g/mol. The fraction of sp³-hybridized carbons (Fsp3) is 0.600. The Bertz CT molecular complexity index is 343. The molecule has 1 aromatic rings. The van der Waals surface area contributed by atoms with E-state index in [4.69, 9.17) is 0 Å². The van der Waals surface area contributed by atoms with Gasteiger partial charge in [0.15, 0.2) is 0 Å². The van der Waals surface area contributed by atoms with Gasteiger partial charge in [-0.1, -0.05) is 13.3 Å². The molecule has 0 aromatic carbocycles. The summed E-state index contributed by atoms with van der Waals surface area (Å²) in [7, 11) is 3.90. The van der Waals surface area contributed by atoms with Crippen LogP contribution in [0.4, 0.5) is 0 Å². The van der Waals surface area contributed by atoms with E-state index >= 15 is 0 Å². The number of nitrogens with one attached hydrogen (secondary N) is 1. The third-order valence-corrected chi connectivity index (χ3v) is 1.82. The lowest BCUT2D eigenvalue weighted by molar-refractivity contribution is 0.389. The van der Waals surface area contributed by atoms with Crippen LogP contribution < -0.4 is 5.56 Å². The molecule has 0 atom stereocenters. The summed E-state index contributed by atoms with van der Waals surface area (Å²) in [6, 6.07) is 1.57. The van der Waals surface area contributed by atoms with Gasteiger partial charge in [0.1, 0.15) is 5.82 Å². The Morgan fingerprint density at radius 2 is 2.21 bits per heavy atom. The lowest BCUT2D eigenvalue weighted by atomic mass is 10.2. The number of H-pyrrole nitrogens is 1. The van der Waals surface area contributed by atoms with Gasteiger partial charge in [-0.3, -0.25) is 4.79 Å². The number of hydrogen-bond donors (Lipinski definition) is 1. The van der Waals surface area contributed by atoms with Crippen LogP contribution in [0.25, 0.3) is 0 Å². The van der Waals surface area contributed by atoms with Crippen LogP contribution in [0.2, 0.25) is 0 Å². The van der Waals surface area contributed by atoms with E-state index in [1.807, 2.05) is 19.0 Å². The highest BCUT2D eigenvalue weighted by atomic mass is 16.1. The largest absolute Gasteiger partial charge is 0.309 e. The van der Waals surface area contributed by atoms with Crippen LogP contribution in [0.1, 0.15) is 24.9 Å². The molecule has 1 heterocycles. The number of rotatable bonds is 4. The standard InChI is InChI=1S/C10H17N3O/c1-4-5-8-6-10(14)12-9(11-8)7-13(2)3/h6H,4-5,7H2,1-3H3,(H,11,12,14). The average Bonchev–Trinajstić information content (AvgIpc) is 2.01. The van der Waals surface area contributed by atoms with Crippen molar-refractivity contribution in [1.82, 2.24) is 14.9 Å². The highest BCUT2D eigenvalue weighted by Crippen LogP contribution is 1.98. The third kappa shape index (κ3) is 3.30. The van der Waals surface area contributed by atoms with Gasteiger partial charge in [0.2, 0.25) is 0 Å². The first-order valence-electron chi connectivity index (χ1n) is 4.85. The molecule has 0 spiro atoms. The minimum Gasteiger partial charge on any atom is -0.309 e. The summed E-state index contributed by atoms with van der Waals surface area (Å²) in [5.74, 6) is 0.742. The number of nitrogens with zero attached hydrogens (tertiary/aromatic N) is 2. The first-order valence-corrected chi connectivity index (χ1v) is 4.85. The molecule has 14 heavy (non-hydrogen) atoms. The molecule has 4 nitrogen and oxygen atoms in total. The molecule has 0 amide bonds. The van der Waals surface area contributed by atoms with Crippen LogP contribution in [-0.4, -0.2) is 29.0 Å². The normalized spacial score (nSPS) is 10.9. The van der Waals surface area contributed by atoms with E-state index in [1.54, 1.807) is 6.07 Å². The Kier molecular flexibility index (Phi) is 3.83. The van der Waals surface area contributed by atoms with Gasteiger partial charge in [0, 0.05) is 11.8 Å². The van der Waals surface area contributed by atoms with Crippen LogP contribution in [-0.2, 0) is 13.0 Å². The minimum atomic E-state index is -0.0553. The van der Waals surface area contributed by atoms with E-state index in [9.17, 15) is 4.79 Å². The Balaban J connectivity index is 2.89. The Morgan fingerprint density at radius 3 is 2.79 bits per heavy atom. The van der Waals surface area contributed by atoms with Crippen molar-refractivity contribution in [2.24, 2.45) is 0 Å². The maximum Gasteiger partial charge on any atom is 0.251 e. The molecule has 1 aromatic heterocycles. The highest BCUT2D eigenvalue weighted by molar-refractivity contribution is 5.02. The first kappa shape index (κ1) is 10.9. The summed E-state index contributed by atoms with van der Waals surface area (Å²) >= 11 is 0. The summed E-state index contributed by atoms with van der Waals surface area (Å²) in [5.41, 5.74) is 0.827. The van der Waals surface area contributed by atoms with Gasteiger partial charge in [0.05, 0.1) is 6.54 Å². The monoisotopic (exact) mass is 195 g/mol. The molecule has 1 N–H and O–H groups in total. The van der Waals surface area contributed by atoms with Gasteiger partial charge in [-0.2, -0.15) is 0 Å². The van der Waals surface area contributed by atoms with E-state index in [1.165, 1.54) is 0 Å². The van der Waals surface area contributed by atoms with Crippen molar-refractivity contribution in [2.45, 2.75) is 26.3 Å². The molecular weight excluding hydrogens is 178 g/mol. The van der Waals surface area contributed by atoms with Crippen molar-refractivity contribution in [3.8, 4) is 0 Å². The maximum atomic E-state index is 11.3. The van der Waals surface area contributed by atoms with Gasteiger partial charge in [-0.15, -0.1) is 0 Å². The summed E-state index contributed by atoms with van der Waals surface area (Å²) in [6.45, 7) is 2.75. The molecule has 0 aliphatic heterocycles. The molecular formula is C10H17N3O. The molecule has 0 saturated carbocycles. The second-order valence-corrected chi connectivity index (χ2v) is 3.67. The molecule has 1 rings (SSSR count). The second kappa shape index (κ2) is 4.91. The SMILES string of the molecule is CCCc1cc(=O)[nH]c(CN(C)C)n1. The summed E-state index contributed by atoms with van der Waals surface area (Å²) in [5, 5.41) is 0. The van der Waals surface area contributed by atoms with E-state index < -0.39 is 0 Å².